The first-order valence-electron chi connectivity index (χ1n) is 7.48. The van der Waals surface area contributed by atoms with Gasteiger partial charge < -0.3 is 16.4 Å². The second kappa shape index (κ2) is 8.15. The molecule has 0 aliphatic heterocycles. The van der Waals surface area contributed by atoms with Gasteiger partial charge in [0.25, 0.3) is 5.91 Å². The second-order valence-corrected chi connectivity index (χ2v) is 5.73. The monoisotopic (exact) mass is 325 g/mol. The van der Waals surface area contributed by atoms with E-state index in [1.54, 1.807) is 24.3 Å². The zero-order valence-corrected chi connectivity index (χ0v) is 13.8. The van der Waals surface area contributed by atoms with Crippen molar-refractivity contribution >= 4 is 29.9 Å². The van der Waals surface area contributed by atoms with Gasteiger partial charge in [-0.05, 0) is 37.0 Å². The number of nitrogens with two attached hydrogens (primary N) is 1. The lowest BCUT2D eigenvalue weighted by Crippen LogP contribution is -2.40. The van der Waals surface area contributed by atoms with Crippen molar-refractivity contribution in [3.05, 3.63) is 29.8 Å². The third-order valence-corrected chi connectivity index (χ3v) is 3.86. The molecule has 2 unspecified atom stereocenters. The van der Waals surface area contributed by atoms with E-state index in [0.717, 1.165) is 19.3 Å². The lowest BCUT2D eigenvalue weighted by Gasteiger charge is -2.18. The van der Waals surface area contributed by atoms with Gasteiger partial charge in [-0.2, -0.15) is 0 Å². The lowest BCUT2D eigenvalue weighted by molar-refractivity contribution is -0.118. The average molecular weight is 326 g/mol. The van der Waals surface area contributed by atoms with E-state index < -0.39 is 6.04 Å². The summed E-state index contributed by atoms with van der Waals surface area (Å²) in [5, 5.41) is 5.70. The number of nitrogens with one attached hydrogen (secondary N) is 2. The SMILES string of the molecule is CCC(C)C(N)C(=O)Nc1cccc(C(=O)NC2CC2)c1.Cl. The molecule has 1 saturated carbocycles. The first kappa shape index (κ1) is 18.5. The summed E-state index contributed by atoms with van der Waals surface area (Å²) in [5.74, 6) is -0.199. The lowest BCUT2D eigenvalue weighted by atomic mass is 9.99. The summed E-state index contributed by atoms with van der Waals surface area (Å²) in [4.78, 5) is 24.0. The van der Waals surface area contributed by atoms with Crippen molar-refractivity contribution in [3.8, 4) is 0 Å². The highest BCUT2D eigenvalue weighted by Crippen LogP contribution is 2.20. The second-order valence-electron chi connectivity index (χ2n) is 5.73. The van der Waals surface area contributed by atoms with Gasteiger partial charge in [-0.1, -0.05) is 26.3 Å². The number of hydrogen-bond donors (Lipinski definition) is 3. The van der Waals surface area contributed by atoms with Crippen LogP contribution in [0.1, 0.15) is 43.5 Å². The Morgan fingerprint density at radius 2 is 2.05 bits per heavy atom. The molecule has 5 nitrogen and oxygen atoms in total. The van der Waals surface area contributed by atoms with E-state index in [9.17, 15) is 9.59 Å². The van der Waals surface area contributed by atoms with Gasteiger partial charge in [0, 0.05) is 17.3 Å². The van der Waals surface area contributed by atoms with Crippen LogP contribution in [-0.4, -0.2) is 23.9 Å². The predicted octanol–water partition coefficient (Wildman–Crippen LogP) is 2.31. The van der Waals surface area contributed by atoms with E-state index in [2.05, 4.69) is 10.6 Å². The third-order valence-electron chi connectivity index (χ3n) is 3.86. The molecular weight excluding hydrogens is 302 g/mol. The summed E-state index contributed by atoms with van der Waals surface area (Å²) in [6.45, 7) is 3.95. The molecule has 22 heavy (non-hydrogen) atoms. The summed E-state index contributed by atoms with van der Waals surface area (Å²) in [5.41, 5.74) is 7.05. The Morgan fingerprint density at radius 3 is 2.64 bits per heavy atom. The molecule has 0 saturated heterocycles. The molecule has 1 aliphatic carbocycles. The summed E-state index contributed by atoms with van der Waals surface area (Å²) in [7, 11) is 0. The largest absolute Gasteiger partial charge is 0.349 e. The van der Waals surface area contributed by atoms with Crippen molar-refractivity contribution in [1.82, 2.24) is 5.32 Å². The molecule has 0 aromatic heterocycles. The Kier molecular flexibility index (Phi) is 6.84. The van der Waals surface area contributed by atoms with Gasteiger partial charge >= 0.3 is 0 Å². The smallest absolute Gasteiger partial charge is 0.251 e. The first-order chi connectivity index (χ1) is 10.0. The average Bonchev–Trinajstić information content (AvgIpc) is 3.29. The number of carbonyl (C=O) groups excluding carboxylic acids is 2. The molecule has 4 N–H and O–H groups in total. The fourth-order valence-corrected chi connectivity index (χ4v) is 1.97. The highest BCUT2D eigenvalue weighted by molar-refractivity contribution is 5.98. The van der Waals surface area contributed by atoms with Crippen molar-refractivity contribution in [2.45, 2.75) is 45.2 Å². The van der Waals surface area contributed by atoms with E-state index in [1.165, 1.54) is 0 Å². The Hall–Kier alpha value is -1.59. The van der Waals surface area contributed by atoms with Gasteiger partial charge in [0.1, 0.15) is 0 Å². The number of amides is 2. The van der Waals surface area contributed by atoms with Crippen LogP contribution in [0.25, 0.3) is 0 Å². The van der Waals surface area contributed by atoms with E-state index >= 15 is 0 Å². The van der Waals surface area contributed by atoms with Crippen LogP contribution < -0.4 is 16.4 Å². The minimum atomic E-state index is -0.543. The van der Waals surface area contributed by atoms with Crippen LogP contribution in [0.15, 0.2) is 24.3 Å². The van der Waals surface area contributed by atoms with Gasteiger partial charge in [-0.15, -0.1) is 12.4 Å². The predicted molar refractivity (Wildman–Crippen MR) is 90.2 cm³/mol. The molecule has 1 aromatic carbocycles. The van der Waals surface area contributed by atoms with Crippen molar-refractivity contribution in [3.63, 3.8) is 0 Å². The summed E-state index contributed by atoms with van der Waals surface area (Å²) >= 11 is 0. The Bertz CT molecular complexity index is 532. The first-order valence-corrected chi connectivity index (χ1v) is 7.48. The maximum atomic E-state index is 12.0. The summed E-state index contributed by atoms with van der Waals surface area (Å²) < 4.78 is 0. The Labute approximate surface area is 137 Å². The molecule has 1 aromatic rings. The maximum absolute atomic E-state index is 12.0. The fourth-order valence-electron chi connectivity index (χ4n) is 1.97. The van der Waals surface area contributed by atoms with E-state index in [-0.39, 0.29) is 30.1 Å². The number of carbonyl (C=O) groups is 2. The molecule has 2 atom stereocenters. The maximum Gasteiger partial charge on any atom is 0.251 e. The van der Waals surface area contributed by atoms with Crippen molar-refractivity contribution < 1.29 is 9.59 Å². The van der Waals surface area contributed by atoms with E-state index in [4.69, 9.17) is 5.73 Å². The molecule has 2 rings (SSSR count). The molecule has 0 heterocycles. The van der Waals surface area contributed by atoms with Crippen LogP contribution in [0.5, 0.6) is 0 Å². The van der Waals surface area contributed by atoms with Crippen molar-refractivity contribution in [2.75, 3.05) is 5.32 Å². The van der Waals surface area contributed by atoms with Crippen LogP contribution in [0.4, 0.5) is 5.69 Å². The zero-order chi connectivity index (χ0) is 15.4. The normalized spacial score (nSPS) is 16.1. The standard InChI is InChI=1S/C16H23N3O2.ClH/c1-3-10(2)14(17)16(21)19-13-6-4-5-11(9-13)15(20)18-12-7-8-12;/h4-6,9-10,12,14H,3,7-8,17H2,1-2H3,(H,18,20)(H,19,21);1H. The molecule has 1 fully saturated rings. The van der Waals surface area contributed by atoms with Crippen LogP contribution in [-0.2, 0) is 4.79 Å². The van der Waals surface area contributed by atoms with Crippen LogP contribution in [0.3, 0.4) is 0 Å². The number of rotatable bonds is 6. The molecule has 0 spiro atoms. The molecule has 0 radical (unpaired) electrons. The van der Waals surface area contributed by atoms with Gasteiger partial charge in [0.2, 0.25) is 5.91 Å². The highest BCUT2D eigenvalue weighted by Gasteiger charge is 2.24. The Balaban J connectivity index is 0.00000242. The van der Waals surface area contributed by atoms with Crippen LogP contribution in [0.2, 0.25) is 0 Å². The summed E-state index contributed by atoms with van der Waals surface area (Å²) in [6.07, 6.45) is 2.94. The minimum absolute atomic E-state index is 0. The van der Waals surface area contributed by atoms with Crippen LogP contribution >= 0.6 is 12.4 Å². The van der Waals surface area contributed by atoms with Gasteiger partial charge in [0.15, 0.2) is 0 Å². The van der Waals surface area contributed by atoms with Crippen LogP contribution in [0, 0.1) is 5.92 Å². The van der Waals surface area contributed by atoms with E-state index in [1.807, 2.05) is 13.8 Å². The highest BCUT2D eigenvalue weighted by atomic mass is 35.5. The molecule has 1 aliphatic rings. The number of benzene rings is 1. The topological polar surface area (TPSA) is 84.2 Å². The quantitative estimate of drug-likeness (QED) is 0.750. The molecule has 2 amide bonds. The molecule has 0 bridgehead atoms. The van der Waals surface area contributed by atoms with E-state index in [0.29, 0.717) is 17.3 Å². The minimum Gasteiger partial charge on any atom is -0.349 e. The van der Waals surface area contributed by atoms with Gasteiger partial charge in [-0.3, -0.25) is 9.59 Å². The molecule has 6 heteroatoms. The third kappa shape index (κ3) is 5.00. The molecular formula is C16H24ClN3O2. The Morgan fingerprint density at radius 1 is 1.36 bits per heavy atom. The van der Waals surface area contributed by atoms with Crippen molar-refractivity contribution in [1.29, 1.82) is 0 Å². The number of anilines is 1. The zero-order valence-electron chi connectivity index (χ0n) is 13.0. The number of halogens is 1. The molecule has 122 valence electrons. The summed E-state index contributed by atoms with van der Waals surface area (Å²) in [6, 6.07) is 6.70. The van der Waals surface area contributed by atoms with Crippen molar-refractivity contribution in [2.24, 2.45) is 11.7 Å². The van der Waals surface area contributed by atoms with Gasteiger partial charge in [0.05, 0.1) is 6.04 Å². The fraction of sp³-hybridized carbons (Fsp3) is 0.500. The van der Waals surface area contributed by atoms with Gasteiger partial charge in [-0.25, -0.2) is 0 Å². The number of hydrogen-bond acceptors (Lipinski definition) is 3.